The van der Waals surface area contributed by atoms with E-state index in [9.17, 15) is 9.59 Å². The molecule has 2 amide bonds. The second-order valence-corrected chi connectivity index (χ2v) is 5.55. The zero-order valence-electron chi connectivity index (χ0n) is 11.5. The molecular weight excluding hydrogens is 272 g/mol. The summed E-state index contributed by atoms with van der Waals surface area (Å²) < 4.78 is 5.67. The maximum Gasteiger partial charge on any atom is 0.335 e. The first-order chi connectivity index (χ1) is 10.1. The van der Waals surface area contributed by atoms with Crippen LogP contribution in [0.1, 0.15) is 29.6 Å². The molecule has 1 aromatic carbocycles. The number of amides is 2. The summed E-state index contributed by atoms with van der Waals surface area (Å²) in [5, 5.41) is 14.5. The van der Waals surface area contributed by atoms with Crippen molar-refractivity contribution in [3.63, 3.8) is 0 Å². The fourth-order valence-corrected chi connectivity index (χ4v) is 2.69. The number of rotatable bonds is 4. The quantitative estimate of drug-likeness (QED) is 0.792. The highest BCUT2D eigenvalue weighted by Gasteiger charge is 2.41. The lowest BCUT2D eigenvalue weighted by Crippen LogP contribution is -2.43. The van der Waals surface area contributed by atoms with E-state index in [1.807, 2.05) is 0 Å². The summed E-state index contributed by atoms with van der Waals surface area (Å²) in [5.74, 6) is -0.394. The lowest BCUT2D eigenvalue weighted by Gasteiger charge is -2.19. The number of aromatic carboxylic acids is 1. The smallest absolute Gasteiger partial charge is 0.335 e. The van der Waals surface area contributed by atoms with Gasteiger partial charge in [0.25, 0.3) is 0 Å². The molecule has 2 fully saturated rings. The van der Waals surface area contributed by atoms with E-state index in [1.165, 1.54) is 25.0 Å². The number of urea groups is 1. The van der Waals surface area contributed by atoms with Crippen molar-refractivity contribution in [1.29, 1.82) is 0 Å². The average Bonchev–Trinajstić information content (AvgIpc) is 3.20. The van der Waals surface area contributed by atoms with Crippen LogP contribution in [0.4, 0.5) is 10.5 Å². The van der Waals surface area contributed by atoms with Crippen molar-refractivity contribution < 1.29 is 19.4 Å². The normalized spacial score (nSPS) is 24.6. The predicted octanol–water partition coefficient (Wildman–Crippen LogP) is 2.07. The number of carboxylic acids is 1. The number of anilines is 1. The maximum atomic E-state index is 12.0. The molecule has 0 spiro atoms. The van der Waals surface area contributed by atoms with Crippen LogP contribution in [-0.4, -0.2) is 35.9 Å². The van der Waals surface area contributed by atoms with Crippen molar-refractivity contribution in [1.82, 2.24) is 5.32 Å². The lowest BCUT2D eigenvalue weighted by atomic mass is 10.1. The number of hydrogen-bond acceptors (Lipinski definition) is 3. The Morgan fingerprint density at radius 1 is 1.14 bits per heavy atom. The number of hydrogen-bond donors (Lipinski definition) is 3. The topological polar surface area (TPSA) is 87.7 Å². The summed E-state index contributed by atoms with van der Waals surface area (Å²) in [4.78, 5) is 22.7. The van der Waals surface area contributed by atoms with Gasteiger partial charge in [-0.1, -0.05) is 0 Å². The summed E-state index contributed by atoms with van der Waals surface area (Å²) in [7, 11) is 0. The van der Waals surface area contributed by atoms with Crippen molar-refractivity contribution in [2.45, 2.75) is 31.4 Å². The zero-order chi connectivity index (χ0) is 14.8. The fourth-order valence-electron chi connectivity index (χ4n) is 2.69. The molecule has 3 rings (SSSR count). The highest BCUT2D eigenvalue weighted by atomic mass is 16.5. The van der Waals surface area contributed by atoms with Crippen LogP contribution < -0.4 is 10.6 Å². The number of benzene rings is 1. The van der Waals surface area contributed by atoms with Crippen LogP contribution >= 0.6 is 0 Å². The molecule has 2 atom stereocenters. The monoisotopic (exact) mass is 290 g/mol. The molecule has 1 saturated heterocycles. The van der Waals surface area contributed by atoms with Gasteiger partial charge >= 0.3 is 12.0 Å². The van der Waals surface area contributed by atoms with Crippen LogP contribution in [-0.2, 0) is 4.74 Å². The summed E-state index contributed by atoms with van der Waals surface area (Å²) in [5.41, 5.74) is 0.762. The first kappa shape index (κ1) is 13.9. The predicted molar refractivity (Wildman–Crippen MR) is 76.4 cm³/mol. The van der Waals surface area contributed by atoms with E-state index in [2.05, 4.69) is 10.6 Å². The Hall–Kier alpha value is -2.08. The summed E-state index contributed by atoms with van der Waals surface area (Å²) in [6, 6.07) is 5.86. The second kappa shape index (κ2) is 5.73. The molecule has 2 unspecified atom stereocenters. The van der Waals surface area contributed by atoms with Crippen molar-refractivity contribution in [2.24, 2.45) is 5.92 Å². The Bertz CT molecular complexity index is 539. The van der Waals surface area contributed by atoms with Gasteiger partial charge in [0.1, 0.15) is 0 Å². The molecule has 2 aliphatic rings. The number of ether oxygens (including phenoxy) is 1. The molecule has 6 heteroatoms. The van der Waals surface area contributed by atoms with Crippen LogP contribution in [0.3, 0.4) is 0 Å². The molecular formula is C15H18N2O4. The minimum Gasteiger partial charge on any atom is -0.478 e. The minimum absolute atomic E-state index is 0.0655. The average molecular weight is 290 g/mol. The molecule has 1 heterocycles. The molecule has 3 N–H and O–H groups in total. The molecule has 0 bridgehead atoms. The van der Waals surface area contributed by atoms with Crippen molar-refractivity contribution in [2.75, 3.05) is 11.9 Å². The van der Waals surface area contributed by atoms with Gasteiger partial charge in [0.2, 0.25) is 0 Å². The molecule has 0 aromatic heterocycles. The van der Waals surface area contributed by atoms with Crippen LogP contribution in [0.5, 0.6) is 0 Å². The standard InChI is InChI=1S/C15H18N2O4/c18-14(19)10-3-5-11(6-4-10)16-15(20)17-12-7-8-21-13(12)9-1-2-9/h3-6,9,12-13H,1-2,7-8H2,(H,18,19)(H2,16,17,20). The minimum atomic E-state index is -0.985. The molecule has 112 valence electrons. The molecule has 6 nitrogen and oxygen atoms in total. The Balaban J connectivity index is 1.54. The van der Waals surface area contributed by atoms with Crippen molar-refractivity contribution >= 4 is 17.7 Å². The first-order valence-electron chi connectivity index (χ1n) is 7.16. The molecule has 1 saturated carbocycles. The Kier molecular flexibility index (Phi) is 3.79. The van der Waals surface area contributed by atoms with Crippen LogP contribution in [0, 0.1) is 5.92 Å². The third kappa shape index (κ3) is 3.33. The van der Waals surface area contributed by atoms with Gasteiger partial charge in [0, 0.05) is 12.3 Å². The Morgan fingerprint density at radius 2 is 1.86 bits per heavy atom. The van der Waals surface area contributed by atoms with Crippen LogP contribution in [0.15, 0.2) is 24.3 Å². The number of carboxylic acid groups (broad SMARTS) is 1. The van der Waals surface area contributed by atoms with Gasteiger partial charge in [-0.25, -0.2) is 9.59 Å². The third-order valence-corrected chi connectivity index (χ3v) is 3.93. The van der Waals surface area contributed by atoms with E-state index in [4.69, 9.17) is 9.84 Å². The van der Waals surface area contributed by atoms with Gasteiger partial charge in [-0.2, -0.15) is 0 Å². The molecule has 1 aliphatic heterocycles. The van der Waals surface area contributed by atoms with Gasteiger partial charge in [-0.05, 0) is 49.4 Å². The Morgan fingerprint density at radius 3 is 2.48 bits per heavy atom. The largest absolute Gasteiger partial charge is 0.478 e. The van der Waals surface area contributed by atoms with E-state index < -0.39 is 5.97 Å². The van der Waals surface area contributed by atoms with Crippen molar-refractivity contribution in [3.05, 3.63) is 29.8 Å². The second-order valence-electron chi connectivity index (χ2n) is 5.55. The van der Waals surface area contributed by atoms with E-state index in [1.54, 1.807) is 12.1 Å². The zero-order valence-corrected chi connectivity index (χ0v) is 11.5. The lowest BCUT2D eigenvalue weighted by molar-refractivity contribution is 0.0697. The Labute approximate surface area is 122 Å². The van der Waals surface area contributed by atoms with Crippen molar-refractivity contribution in [3.8, 4) is 0 Å². The third-order valence-electron chi connectivity index (χ3n) is 3.93. The number of carbonyl (C=O) groups is 2. The maximum absolute atomic E-state index is 12.0. The molecule has 1 aromatic rings. The number of nitrogens with one attached hydrogen (secondary N) is 2. The number of carbonyl (C=O) groups excluding carboxylic acids is 1. The highest BCUT2D eigenvalue weighted by molar-refractivity contribution is 5.91. The highest BCUT2D eigenvalue weighted by Crippen LogP contribution is 2.38. The van der Waals surface area contributed by atoms with Gasteiger partial charge in [0.15, 0.2) is 0 Å². The van der Waals surface area contributed by atoms with Crippen LogP contribution in [0.2, 0.25) is 0 Å². The molecule has 21 heavy (non-hydrogen) atoms. The first-order valence-corrected chi connectivity index (χ1v) is 7.16. The SMILES string of the molecule is O=C(Nc1ccc(C(=O)O)cc1)NC1CCOC1C1CC1. The van der Waals surface area contributed by atoms with Gasteiger partial charge in [-0.3, -0.25) is 0 Å². The van der Waals surface area contributed by atoms with E-state index >= 15 is 0 Å². The van der Waals surface area contributed by atoms with E-state index in [0.717, 1.165) is 6.42 Å². The molecule has 0 radical (unpaired) electrons. The van der Waals surface area contributed by atoms with Gasteiger partial charge in [0.05, 0.1) is 17.7 Å². The fraction of sp³-hybridized carbons (Fsp3) is 0.467. The summed E-state index contributed by atoms with van der Waals surface area (Å²) >= 11 is 0. The summed E-state index contributed by atoms with van der Waals surface area (Å²) in [6.07, 6.45) is 3.35. The van der Waals surface area contributed by atoms with Gasteiger partial charge < -0.3 is 20.5 Å². The summed E-state index contributed by atoms with van der Waals surface area (Å²) in [6.45, 7) is 0.694. The van der Waals surface area contributed by atoms with Crippen LogP contribution in [0.25, 0.3) is 0 Å². The van der Waals surface area contributed by atoms with E-state index in [-0.39, 0.29) is 23.7 Å². The van der Waals surface area contributed by atoms with Gasteiger partial charge in [-0.15, -0.1) is 0 Å². The molecule has 1 aliphatic carbocycles. The van der Waals surface area contributed by atoms with E-state index in [0.29, 0.717) is 18.2 Å².